The predicted molar refractivity (Wildman–Crippen MR) is 76.5 cm³/mol. The van der Waals surface area contributed by atoms with Crippen LogP contribution in [0.4, 0.5) is 0 Å². The lowest BCUT2D eigenvalue weighted by atomic mass is 10.2. The molecule has 17 heavy (non-hydrogen) atoms. The molecule has 0 unspecified atom stereocenters. The van der Waals surface area contributed by atoms with Crippen LogP contribution < -0.4 is 0 Å². The van der Waals surface area contributed by atoms with Gasteiger partial charge in [-0.1, -0.05) is 6.42 Å². The van der Waals surface area contributed by atoms with Gasteiger partial charge in [0.25, 0.3) is 0 Å². The van der Waals surface area contributed by atoms with Gasteiger partial charge in [0.2, 0.25) is 10.0 Å². The summed E-state index contributed by atoms with van der Waals surface area (Å²) in [5.74, 6) is 0. The molecule has 0 radical (unpaired) electrons. The predicted octanol–water partition coefficient (Wildman–Crippen LogP) is 2.77. The van der Waals surface area contributed by atoms with E-state index >= 15 is 0 Å². The summed E-state index contributed by atoms with van der Waals surface area (Å²) < 4.78 is 27.5. The van der Waals surface area contributed by atoms with Crippen molar-refractivity contribution >= 4 is 32.6 Å². The average Bonchev–Trinajstić information content (AvgIpc) is 2.33. The molecule has 0 aliphatic carbocycles. The molecule has 1 fully saturated rings. The lowest BCUT2D eigenvalue weighted by molar-refractivity contribution is 0.346. The molecule has 1 heterocycles. The number of benzene rings is 1. The van der Waals surface area contributed by atoms with Gasteiger partial charge in [0, 0.05) is 16.7 Å². The van der Waals surface area contributed by atoms with E-state index in [4.69, 9.17) is 0 Å². The number of piperidine rings is 1. The summed E-state index contributed by atoms with van der Waals surface area (Å²) in [6.45, 7) is 3.26. The van der Waals surface area contributed by atoms with Crippen molar-refractivity contribution in [3.05, 3.63) is 27.3 Å². The molecular weight excluding hydrogens is 349 g/mol. The highest BCUT2D eigenvalue weighted by molar-refractivity contribution is 14.1. The quantitative estimate of drug-likeness (QED) is 0.756. The molecule has 5 heteroatoms. The van der Waals surface area contributed by atoms with Crippen molar-refractivity contribution in [2.24, 2.45) is 0 Å². The Labute approximate surface area is 116 Å². The third kappa shape index (κ3) is 2.82. The number of aryl methyl sites for hydroxylation is 1. The number of rotatable bonds is 2. The zero-order chi connectivity index (χ0) is 12.5. The van der Waals surface area contributed by atoms with E-state index in [0.717, 1.165) is 28.4 Å². The highest BCUT2D eigenvalue weighted by Crippen LogP contribution is 2.23. The number of hydrogen-bond donors (Lipinski definition) is 0. The highest BCUT2D eigenvalue weighted by Gasteiger charge is 2.25. The molecule has 0 saturated carbocycles. The van der Waals surface area contributed by atoms with Gasteiger partial charge < -0.3 is 0 Å². The van der Waals surface area contributed by atoms with Crippen LogP contribution in [0, 0.1) is 10.5 Å². The number of sulfonamides is 1. The van der Waals surface area contributed by atoms with Crippen molar-refractivity contribution in [2.75, 3.05) is 13.1 Å². The van der Waals surface area contributed by atoms with Gasteiger partial charge in [-0.05, 0) is 66.1 Å². The molecule has 0 atom stereocenters. The third-order valence-electron chi connectivity index (χ3n) is 3.08. The Morgan fingerprint density at radius 2 is 1.82 bits per heavy atom. The molecule has 0 aromatic heterocycles. The first kappa shape index (κ1) is 13.3. The smallest absolute Gasteiger partial charge is 0.207 e. The van der Waals surface area contributed by atoms with Gasteiger partial charge in [-0.15, -0.1) is 0 Å². The first-order valence-corrected chi connectivity index (χ1v) is 8.30. The van der Waals surface area contributed by atoms with Crippen molar-refractivity contribution in [1.82, 2.24) is 4.31 Å². The van der Waals surface area contributed by atoms with Crippen LogP contribution in [0.15, 0.2) is 23.1 Å². The number of halogens is 1. The molecule has 1 saturated heterocycles. The van der Waals surface area contributed by atoms with Gasteiger partial charge in [0.1, 0.15) is 0 Å². The first-order valence-electron chi connectivity index (χ1n) is 5.78. The van der Waals surface area contributed by atoms with Crippen LogP contribution in [-0.4, -0.2) is 25.8 Å². The standard InChI is InChI=1S/C12H16INO2S/c1-10-9-11(5-6-12(10)13)17(15,16)14-7-3-2-4-8-14/h5-6,9H,2-4,7-8H2,1H3. The van der Waals surface area contributed by atoms with E-state index in [2.05, 4.69) is 22.6 Å². The molecule has 0 spiro atoms. The SMILES string of the molecule is Cc1cc(S(=O)(=O)N2CCCCC2)ccc1I. The summed E-state index contributed by atoms with van der Waals surface area (Å²) >= 11 is 2.22. The van der Waals surface area contributed by atoms with Crippen LogP contribution in [0.3, 0.4) is 0 Å². The fourth-order valence-corrected chi connectivity index (χ4v) is 3.97. The minimum atomic E-state index is -3.27. The van der Waals surface area contributed by atoms with E-state index in [1.807, 2.05) is 13.0 Å². The third-order valence-corrected chi connectivity index (χ3v) is 6.19. The molecule has 0 N–H and O–H groups in total. The van der Waals surface area contributed by atoms with Gasteiger partial charge in [-0.3, -0.25) is 0 Å². The summed E-state index contributed by atoms with van der Waals surface area (Å²) in [6.07, 6.45) is 3.09. The molecule has 1 aliphatic rings. The van der Waals surface area contributed by atoms with E-state index in [0.29, 0.717) is 18.0 Å². The number of nitrogens with zero attached hydrogens (tertiary/aromatic N) is 1. The average molecular weight is 365 g/mol. The van der Waals surface area contributed by atoms with Gasteiger partial charge in [-0.25, -0.2) is 8.42 Å². The fourth-order valence-electron chi connectivity index (χ4n) is 2.03. The van der Waals surface area contributed by atoms with Crippen LogP contribution in [0.25, 0.3) is 0 Å². The molecule has 1 aromatic carbocycles. The van der Waals surface area contributed by atoms with Gasteiger partial charge in [0.15, 0.2) is 0 Å². The Bertz CT molecular complexity index is 507. The maximum atomic E-state index is 12.4. The molecule has 3 nitrogen and oxygen atoms in total. The normalized spacial score (nSPS) is 18.2. The highest BCUT2D eigenvalue weighted by atomic mass is 127. The molecule has 1 aliphatic heterocycles. The second-order valence-electron chi connectivity index (χ2n) is 4.38. The summed E-state index contributed by atoms with van der Waals surface area (Å²) in [6, 6.07) is 5.34. The van der Waals surface area contributed by atoms with E-state index in [9.17, 15) is 8.42 Å². The first-order chi connectivity index (χ1) is 8.01. The lowest BCUT2D eigenvalue weighted by Gasteiger charge is -2.26. The topological polar surface area (TPSA) is 37.4 Å². The fraction of sp³-hybridized carbons (Fsp3) is 0.500. The van der Waals surface area contributed by atoms with E-state index < -0.39 is 10.0 Å². The Balaban J connectivity index is 2.33. The van der Waals surface area contributed by atoms with E-state index in [-0.39, 0.29) is 0 Å². The van der Waals surface area contributed by atoms with Crippen LogP contribution in [0.5, 0.6) is 0 Å². The van der Waals surface area contributed by atoms with Crippen LogP contribution in [-0.2, 0) is 10.0 Å². The minimum Gasteiger partial charge on any atom is -0.207 e. The maximum absolute atomic E-state index is 12.4. The second kappa shape index (κ2) is 5.24. The minimum absolute atomic E-state index is 0.428. The molecule has 94 valence electrons. The molecule has 2 rings (SSSR count). The lowest BCUT2D eigenvalue weighted by Crippen LogP contribution is -2.35. The Hall–Kier alpha value is -0.140. The summed E-state index contributed by atoms with van der Waals surface area (Å²) in [5.41, 5.74) is 1.02. The molecule has 0 amide bonds. The summed E-state index contributed by atoms with van der Waals surface area (Å²) in [4.78, 5) is 0.428. The molecule has 0 bridgehead atoms. The van der Waals surface area contributed by atoms with Gasteiger partial charge in [-0.2, -0.15) is 4.31 Å². The second-order valence-corrected chi connectivity index (χ2v) is 7.48. The summed E-state index contributed by atoms with van der Waals surface area (Å²) in [7, 11) is -3.27. The zero-order valence-electron chi connectivity index (χ0n) is 9.82. The maximum Gasteiger partial charge on any atom is 0.243 e. The van der Waals surface area contributed by atoms with E-state index in [1.165, 1.54) is 0 Å². The van der Waals surface area contributed by atoms with Crippen molar-refractivity contribution in [2.45, 2.75) is 31.1 Å². The summed E-state index contributed by atoms with van der Waals surface area (Å²) in [5, 5.41) is 0. The van der Waals surface area contributed by atoms with Gasteiger partial charge in [0.05, 0.1) is 4.90 Å². The van der Waals surface area contributed by atoms with Crippen LogP contribution in [0.2, 0.25) is 0 Å². The monoisotopic (exact) mass is 365 g/mol. The number of hydrogen-bond acceptors (Lipinski definition) is 2. The van der Waals surface area contributed by atoms with Crippen molar-refractivity contribution in [3.8, 4) is 0 Å². The molecule has 1 aromatic rings. The van der Waals surface area contributed by atoms with Gasteiger partial charge >= 0.3 is 0 Å². The van der Waals surface area contributed by atoms with E-state index in [1.54, 1.807) is 16.4 Å². The van der Waals surface area contributed by atoms with Crippen LogP contribution in [0.1, 0.15) is 24.8 Å². The molecular formula is C12H16INO2S. The largest absolute Gasteiger partial charge is 0.243 e. The van der Waals surface area contributed by atoms with Crippen molar-refractivity contribution in [1.29, 1.82) is 0 Å². The Morgan fingerprint density at radius 1 is 1.18 bits per heavy atom. The zero-order valence-corrected chi connectivity index (χ0v) is 12.8. The van der Waals surface area contributed by atoms with Crippen molar-refractivity contribution < 1.29 is 8.42 Å². The van der Waals surface area contributed by atoms with Crippen LogP contribution >= 0.6 is 22.6 Å². The Morgan fingerprint density at radius 3 is 2.41 bits per heavy atom. The van der Waals surface area contributed by atoms with Crippen molar-refractivity contribution in [3.63, 3.8) is 0 Å². The Kier molecular flexibility index (Phi) is 4.10.